The third kappa shape index (κ3) is 1.79. The number of fused-ring (bicyclic) bond motifs is 1. The van der Waals surface area contributed by atoms with Crippen LogP contribution in [0.3, 0.4) is 0 Å². The predicted molar refractivity (Wildman–Crippen MR) is 66.7 cm³/mol. The average molecular weight is 243 g/mol. The Morgan fingerprint density at radius 2 is 2.00 bits per heavy atom. The monoisotopic (exact) mass is 243 g/mol. The number of carbonyl (C=O) groups excluding carboxylic acids is 1. The van der Waals surface area contributed by atoms with E-state index in [0.717, 1.165) is 23.7 Å². The molecule has 0 saturated heterocycles. The van der Waals surface area contributed by atoms with Crippen molar-refractivity contribution in [3.63, 3.8) is 0 Å². The van der Waals surface area contributed by atoms with E-state index in [1.54, 1.807) is 0 Å². The fraction of sp³-hybridized carbons (Fsp3) is 0.286. The molecule has 1 heterocycles. The van der Waals surface area contributed by atoms with Crippen molar-refractivity contribution < 1.29 is 14.7 Å². The summed E-state index contributed by atoms with van der Waals surface area (Å²) in [6.45, 7) is 0. The molecule has 1 saturated carbocycles. The van der Waals surface area contributed by atoms with E-state index in [-0.39, 0.29) is 18.1 Å². The van der Waals surface area contributed by atoms with Crippen molar-refractivity contribution in [1.29, 1.82) is 0 Å². The van der Waals surface area contributed by atoms with Crippen LogP contribution in [0.15, 0.2) is 24.3 Å². The van der Waals surface area contributed by atoms with Crippen LogP contribution in [-0.2, 0) is 11.2 Å². The number of aromatic amines is 1. The molecule has 1 aromatic heterocycles. The normalized spacial score (nSPS) is 14.9. The molecule has 18 heavy (non-hydrogen) atoms. The van der Waals surface area contributed by atoms with E-state index in [4.69, 9.17) is 5.11 Å². The molecule has 1 aliphatic rings. The Labute approximate surface area is 104 Å². The number of nitrogens with one attached hydrogen (secondary N) is 1. The summed E-state index contributed by atoms with van der Waals surface area (Å²) in [5.74, 6) is -0.766. The molecule has 4 heteroatoms. The number of para-hydroxylation sites is 1. The van der Waals surface area contributed by atoms with Gasteiger partial charge in [-0.05, 0) is 24.5 Å². The minimum absolute atomic E-state index is 0.0578. The Bertz CT molecular complexity index is 638. The molecule has 0 bridgehead atoms. The Morgan fingerprint density at radius 3 is 2.67 bits per heavy atom. The van der Waals surface area contributed by atoms with Crippen molar-refractivity contribution in [2.75, 3.05) is 0 Å². The number of hydrogen-bond donors (Lipinski definition) is 2. The van der Waals surface area contributed by atoms with Gasteiger partial charge in [0.05, 0.1) is 12.1 Å². The van der Waals surface area contributed by atoms with E-state index in [1.807, 2.05) is 24.3 Å². The molecule has 2 N–H and O–H groups in total. The highest BCUT2D eigenvalue weighted by Crippen LogP contribution is 2.35. The van der Waals surface area contributed by atoms with Crippen LogP contribution in [0.4, 0.5) is 0 Å². The summed E-state index contributed by atoms with van der Waals surface area (Å²) in [6, 6.07) is 7.44. The first-order valence-electron chi connectivity index (χ1n) is 6.02. The molecule has 0 atom stereocenters. The van der Waals surface area contributed by atoms with Crippen molar-refractivity contribution in [2.24, 2.45) is 5.92 Å². The van der Waals surface area contributed by atoms with Gasteiger partial charge in [-0.15, -0.1) is 0 Å². The van der Waals surface area contributed by atoms with Gasteiger partial charge in [-0.2, -0.15) is 0 Å². The topological polar surface area (TPSA) is 70.2 Å². The summed E-state index contributed by atoms with van der Waals surface area (Å²) in [5, 5.41) is 9.82. The molecule has 0 aliphatic heterocycles. The smallest absolute Gasteiger partial charge is 0.307 e. The molecule has 2 aromatic rings. The molecule has 0 unspecified atom stereocenters. The second kappa shape index (κ2) is 3.98. The van der Waals surface area contributed by atoms with E-state index >= 15 is 0 Å². The predicted octanol–water partition coefficient (Wildman–Crippen LogP) is 2.39. The molecule has 4 nitrogen and oxygen atoms in total. The third-order valence-electron chi connectivity index (χ3n) is 3.34. The van der Waals surface area contributed by atoms with Gasteiger partial charge < -0.3 is 10.1 Å². The summed E-state index contributed by atoms with van der Waals surface area (Å²) in [4.78, 5) is 26.2. The highest BCUT2D eigenvalue weighted by atomic mass is 16.4. The van der Waals surface area contributed by atoms with Gasteiger partial charge >= 0.3 is 5.97 Å². The number of carboxylic acid groups (broad SMARTS) is 1. The molecule has 92 valence electrons. The number of carbonyl (C=O) groups is 2. The molecule has 1 aliphatic carbocycles. The highest BCUT2D eigenvalue weighted by Gasteiger charge is 2.33. The van der Waals surface area contributed by atoms with Crippen LogP contribution in [0.5, 0.6) is 0 Å². The molecule has 0 amide bonds. The Kier molecular flexibility index (Phi) is 2.44. The lowest BCUT2D eigenvalue weighted by Gasteiger charge is -2.00. The van der Waals surface area contributed by atoms with Gasteiger partial charge in [0.2, 0.25) is 0 Å². The summed E-state index contributed by atoms with van der Waals surface area (Å²) < 4.78 is 0. The molecule has 0 radical (unpaired) electrons. The zero-order valence-corrected chi connectivity index (χ0v) is 9.77. The van der Waals surface area contributed by atoms with Crippen molar-refractivity contribution in [2.45, 2.75) is 19.3 Å². The quantitative estimate of drug-likeness (QED) is 0.810. The summed E-state index contributed by atoms with van der Waals surface area (Å²) in [7, 11) is 0. The van der Waals surface area contributed by atoms with E-state index in [9.17, 15) is 9.59 Å². The fourth-order valence-electron chi connectivity index (χ4n) is 2.29. The maximum atomic E-state index is 12.2. The zero-order chi connectivity index (χ0) is 12.7. The van der Waals surface area contributed by atoms with E-state index in [1.165, 1.54) is 0 Å². The molecule has 0 spiro atoms. The standard InChI is InChI=1S/C14H13NO3/c16-12(17)7-10-9-3-1-2-4-11(9)15-13(10)14(18)8-5-6-8/h1-4,8,15H,5-7H2,(H,16,17). The Morgan fingerprint density at radius 1 is 1.28 bits per heavy atom. The van der Waals surface area contributed by atoms with Gasteiger partial charge in [0.1, 0.15) is 0 Å². The van der Waals surface area contributed by atoms with Gasteiger partial charge in [0.15, 0.2) is 5.78 Å². The van der Waals surface area contributed by atoms with Crippen molar-refractivity contribution >= 4 is 22.7 Å². The molecule has 3 rings (SSSR count). The second-order valence-corrected chi connectivity index (χ2v) is 4.73. The lowest BCUT2D eigenvalue weighted by molar-refractivity contribution is -0.136. The Hall–Kier alpha value is -2.10. The number of Topliss-reactive ketones (excluding diaryl/α,β-unsaturated/α-hetero) is 1. The van der Waals surface area contributed by atoms with Crippen LogP contribution >= 0.6 is 0 Å². The van der Waals surface area contributed by atoms with Crippen LogP contribution in [0.1, 0.15) is 28.9 Å². The number of ketones is 1. The number of benzene rings is 1. The number of rotatable bonds is 4. The van der Waals surface area contributed by atoms with E-state index < -0.39 is 5.97 Å². The molecular formula is C14H13NO3. The van der Waals surface area contributed by atoms with Crippen molar-refractivity contribution in [1.82, 2.24) is 4.98 Å². The minimum Gasteiger partial charge on any atom is -0.481 e. The summed E-state index contributed by atoms with van der Waals surface area (Å²) >= 11 is 0. The number of aliphatic carboxylic acids is 1. The van der Waals surface area contributed by atoms with Crippen molar-refractivity contribution in [3.05, 3.63) is 35.5 Å². The first kappa shape index (κ1) is 11.0. The van der Waals surface area contributed by atoms with Gasteiger partial charge in [-0.25, -0.2) is 0 Å². The lowest BCUT2D eigenvalue weighted by atomic mass is 10.0. The molecular weight excluding hydrogens is 230 g/mol. The van der Waals surface area contributed by atoms with Gasteiger partial charge in [-0.1, -0.05) is 18.2 Å². The van der Waals surface area contributed by atoms with E-state index in [2.05, 4.69) is 4.98 Å². The van der Waals surface area contributed by atoms with Crippen LogP contribution in [0, 0.1) is 5.92 Å². The largest absolute Gasteiger partial charge is 0.481 e. The van der Waals surface area contributed by atoms with Crippen LogP contribution in [-0.4, -0.2) is 21.8 Å². The van der Waals surface area contributed by atoms with Gasteiger partial charge in [-0.3, -0.25) is 9.59 Å². The van der Waals surface area contributed by atoms with Crippen LogP contribution < -0.4 is 0 Å². The van der Waals surface area contributed by atoms with Gasteiger partial charge in [0, 0.05) is 16.8 Å². The molecule has 1 aromatic carbocycles. The van der Waals surface area contributed by atoms with Gasteiger partial charge in [0.25, 0.3) is 0 Å². The Balaban J connectivity index is 2.15. The molecule has 1 fully saturated rings. The number of H-pyrrole nitrogens is 1. The minimum atomic E-state index is -0.912. The lowest BCUT2D eigenvalue weighted by Crippen LogP contribution is -2.08. The zero-order valence-electron chi connectivity index (χ0n) is 9.77. The number of carboxylic acids is 1. The highest BCUT2D eigenvalue weighted by molar-refractivity contribution is 6.05. The van der Waals surface area contributed by atoms with E-state index in [0.29, 0.717) is 11.3 Å². The maximum absolute atomic E-state index is 12.2. The summed E-state index contributed by atoms with van der Waals surface area (Å²) in [6.07, 6.45) is 1.72. The summed E-state index contributed by atoms with van der Waals surface area (Å²) in [5.41, 5.74) is 1.94. The first-order valence-corrected chi connectivity index (χ1v) is 6.02. The van der Waals surface area contributed by atoms with Crippen molar-refractivity contribution in [3.8, 4) is 0 Å². The third-order valence-corrected chi connectivity index (χ3v) is 3.34. The second-order valence-electron chi connectivity index (χ2n) is 4.73. The maximum Gasteiger partial charge on any atom is 0.307 e. The number of aromatic nitrogens is 1. The van der Waals surface area contributed by atoms with Crippen LogP contribution in [0.2, 0.25) is 0 Å². The first-order chi connectivity index (χ1) is 8.66. The van der Waals surface area contributed by atoms with Crippen LogP contribution in [0.25, 0.3) is 10.9 Å². The number of hydrogen-bond acceptors (Lipinski definition) is 2. The SMILES string of the molecule is O=C(O)Cc1c(C(=O)C2CC2)[nH]c2ccccc12. The average Bonchev–Trinajstić information content (AvgIpc) is 3.12. The fourth-order valence-corrected chi connectivity index (χ4v) is 2.29.